The highest BCUT2D eigenvalue weighted by Crippen LogP contribution is 2.55. The van der Waals surface area contributed by atoms with Crippen molar-refractivity contribution in [1.82, 2.24) is 4.90 Å². The molecule has 5 nitrogen and oxygen atoms in total. The number of hydrogen-bond donors (Lipinski definition) is 0. The average molecular weight is 343 g/mol. The van der Waals surface area contributed by atoms with Crippen molar-refractivity contribution in [3.8, 4) is 11.5 Å². The molecule has 1 saturated heterocycles. The average Bonchev–Trinajstić information content (AvgIpc) is 2.63. The van der Waals surface area contributed by atoms with Gasteiger partial charge < -0.3 is 19.1 Å². The van der Waals surface area contributed by atoms with E-state index in [1.807, 2.05) is 0 Å². The van der Waals surface area contributed by atoms with Gasteiger partial charge in [-0.25, -0.2) is 0 Å². The van der Waals surface area contributed by atoms with Gasteiger partial charge in [0.15, 0.2) is 23.0 Å². The molecule has 4 rings (SSSR count). The third kappa shape index (κ3) is 2.21. The van der Waals surface area contributed by atoms with E-state index in [2.05, 4.69) is 30.2 Å². The van der Waals surface area contributed by atoms with E-state index in [1.54, 1.807) is 21.3 Å². The Labute approximate surface area is 148 Å². The van der Waals surface area contributed by atoms with Crippen LogP contribution >= 0.6 is 0 Å². The molecule has 1 aromatic rings. The second kappa shape index (κ2) is 5.77. The quantitative estimate of drug-likeness (QED) is 0.843. The Hall–Kier alpha value is -2.01. The molecule has 0 amide bonds. The van der Waals surface area contributed by atoms with E-state index in [1.165, 1.54) is 11.1 Å². The van der Waals surface area contributed by atoms with E-state index < -0.39 is 0 Å². The van der Waals surface area contributed by atoms with E-state index in [4.69, 9.17) is 14.2 Å². The normalized spacial score (nSPS) is 30.9. The molecule has 0 radical (unpaired) electrons. The van der Waals surface area contributed by atoms with Crippen LogP contribution in [-0.2, 0) is 21.4 Å². The molecule has 0 spiro atoms. The summed E-state index contributed by atoms with van der Waals surface area (Å²) in [5, 5.41) is 0. The molecule has 3 aliphatic rings. The number of allylic oxidation sites excluding steroid dienone is 1. The molecule has 0 aromatic heterocycles. The number of methoxy groups -OCH3 is 3. The molecule has 1 aliphatic heterocycles. The van der Waals surface area contributed by atoms with Gasteiger partial charge in [-0.1, -0.05) is 0 Å². The van der Waals surface area contributed by atoms with Gasteiger partial charge in [-0.05, 0) is 55.8 Å². The first kappa shape index (κ1) is 16.5. The van der Waals surface area contributed by atoms with Crippen LogP contribution in [0.4, 0.5) is 0 Å². The summed E-state index contributed by atoms with van der Waals surface area (Å²) in [5.41, 5.74) is 2.36. The summed E-state index contributed by atoms with van der Waals surface area (Å²) in [7, 11) is 7.09. The minimum atomic E-state index is -0.163. The van der Waals surface area contributed by atoms with E-state index >= 15 is 0 Å². The third-order valence-corrected chi connectivity index (χ3v) is 6.41. The maximum absolute atomic E-state index is 12.7. The molecule has 5 heteroatoms. The maximum atomic E-state index is 12.7. The van der Waals surface area contributed by atoms with E-state index in [0.29, 0.717) is 18.2 Å². The Balaban J connectivity index is 1.93. The zero-order valence-electron chi connectivity index (χ0n) is 15.3. The topological polar surface area (TPSA) is 48.0 Å². The van der Waals surface area contributed by atoms with Crippen molar-refractivity contribution in [2.45, 2.75) is 30.7 Å². The number of fused-ring (bicyclic) bond motifs is 1. The number of ketones is 1. The molecule has 2 bridgehead atoms. The van der Waals surface area contributed by atoms with Crippen LogP contribution in [0.1, 0.15) is 24.0 Å². The summed E-state index contributed by atoms with van der Waals surface area (Å²) in [5.74, 6) is 2.40. The van der Waals surface area contributed by atoms with Gasteiger partial charge in [-0.15, -0.1) is 0 Å². The number of carbonyl (C=O) groups excluding carboxylic acids is 1. The Morgan fingerprint density at radius 1 is 1.12 bits per heavy atom. The number of rotatable bonds is 3. The third-order valence-electron chi connectivity index (χ3n) is 6.41. The summed E-state index contributed by atoms with van der Waals surface area (Å²) >= 11 is 0. The molecule has 2 aliphatic carbocycles. The summed E-state index contributed by atoms with van der Waals surface area (Å²) < 4.78 is 16.4. The highest BCUT2D eigenvalue weighted by Gasteiger charge is 2.55. The molecule has 0 N–H and O–H groups in total. The summed E-state index contributed by atoms with van der Waals surface area (Å²) in [6.45, 7) is 0.998. The van der Waals surface area contributed by atoms with Crippen LogP contribution in [0.3, 0.4) is 0 Å². The van der Waals surface area contributed by atoms with Crippen LogP contribution in [0.15, 0.2) is 24.0 Å². The fraction of sp³-hybridized carbons (Fsp3) is 0.550. The number of likely N-dealkylation sites (tertiary alicyclic amines) is 1. The minimum Gasteiger partial charge on any atom is -0.493 e. The molecule has 0 unspecified atom stereocenters. The van der Waals surface area contributed by atoms with Crippen LogP contribution in [-0.4, -0.2) is 51.6 Å². The summed E-state index contributed by atoms with van der Waals surface area (Å²) in [6, 6.07) is 4.57. The van der Waals surface area contributed by atoms with Crippen LogP contribution in [0.2, 0.25) is 0 Å². The van der Waals surface area contributed by atoms with Gasteiger partial charge in [0.1, 0.15) is 0 Å². The predicted octanol–water partition coefficient (Wildman–Crippen LogP) is 2.32. The lowest BCUT2D eigenvalue weighted by Gasteiger charge is -2.56. The van der Waals surface area contributed by atoms with Gasteiger partial charge in [0.25, 0.3) is 0 Å². The van der Waals surface area contributed by atoms with Crippen molar-refractivity contribution in [3.05, 3.63) is 35.1 Å². The zero-order chi connectivity index (χ0) is 17.8. The van der Waals surface area contributed by atoms with Gasteiger partial charge in [-0.2, -0.15) is 0 Å². The number of ether oxygens (including phenoxy) is 3. The second-order valence-electron chi connectivity index (χ2n) is 7.38. The van der Waals surface area contributed by atoms with Crippen LogP contribution < -0.4 is 9.47 Å². The number of benzene rings is 1. The molecular formula is C20H25NO4. The largest absolute Gasteiger partial charge is 0.493 e. The van der Waals surface area contributed by atoms with Crippen molar-refractivity contribution in [2.75, 3.05) is 34.9 Å². The number of likely N-dealkylation sites (N-methyl/N-ethyl adjacent to an activating group) is 1. The Morgan fingerprint density at radius 2 is 1.84 bits per heavy atom. The van der Waals surface area contributed by atoms with Gasteiger partial charge in [0.2, 0.25) is 0 Å². The predicted molar refractivity (Wildman–Crippen MR) is 94.2 cm³/mol. The maximum Gasteiger partial charge on any atom is 0.197 e. The SMILES string of the molecule is COC1=C[C@@H]2[C@@H]3Cc4cc(OC)c(OC)cc4[C@]2(CCN3C)CC1=O. The number of piperidine rings is 1. The second-order valence-corrected chi connectivity index (χ2v) is 7.38. The molecule has 3 atom stereocenters. The highest BCUT2D eigenvalue weighted by molar-refractivity contribution is 5.96. The van der Waals surface area contributed by atoms with Crippen molar-refractivity contribution >= 4 is 5.78 Å². The lowest BCUT2D eigenvalue weighted by atomic mass is 9.53. The first-order chi connectivity index (χ1) is 12.0. The van der Waals surface area contributed by atoms with E-state index in [0.717, 1.165) is 30.9 Å². The molecule has 134 valence electrons. The van der Waals surface area contributed by atoms with Crippen molar-refractivity contribution in [2.24, 2.45) is 5.92 Å². The zero-order valence-corrected chi connectivity index (χ0v) is 15.3. The number of hydrogen-bond acceptors (Lipinski definition) is 5. The molecule has 1 fully saturated rings. The number of carbonyl (C=O) groups is 1. The smallest absolute Gasteiger partial charge is 0.197 e. The Morgan fingerprint density at radius 3 is 2.52 bits per heavy atom. The number of Topliss-reactive ketones (excluding diaryl/α,β-unsaturated/α-hetero) is 1. The molecule has 0 saturated carbocycles. The Bertz CT molecular complexity index is 756. The molecule has 1 aromatic carbocycles. The van der Waals surface area contributed by atoms with Crippen molar-refractivity contribution in [1.29, 1.82) is 0 Å². The van der Waals surface area contributed by atoms with Crippen LogP contribution in [0.5, 0.6) is 11.5 Å². The summed E-state index contributed by atoms with van der Waals surface area (Å²) in [4.78, 5) is 15.1. The van der Waals surface area contributed by atoms with Gasteiger partial charge in [0.05, 0.1) is 21.3 Å². The number of nitrogens with zero attached hydrogens (tertiary/aromatic N) is 1. The standard InChI is InChI=1S/C20H25NO4/c1-21-6-5-20-11-16(22)17(23-2)10-14(20)15(21)7-12-8-18(24-3)19(25-4)9-13(12)20/h8-10,14-15H,5-7,11H2,1-4H3/t14-,15+,20+/m1/s1. The lowest BCUT2D eigenvalue weighted by molar-refractivity contribution is -0.122. The van der Waals surface area contributed by atoms with Gasteiger partial charge >= 0.3 is 0 Å². The van der Waals surface area contributed by atoms with Crippen LogP contribution in [0.25, 0.3) is 0 Å². The van der Waals surface area contributed by atoms with Gasteiger partial charge in [-0.3, -0.25) is 4.79 Å². The van der Waals surface area contributed by atoms with Crippen molar-refractivity contribution < 1.29 is 19.0 Å². The van der Waals surface area contributed by atoms with Crippen molar-refractivity contribution in [3.63, 3.8) is 0 Å². The molecule has 1 heterocycles. The fourth-order valence-corrected chi connectivity index (χ4v) is 5.11. The lowest BCUT2D eigenvalue weighted by Crippen LogP contribution is -2.60. The highest BCUT2D eigenvalue weighted by atomic mass is 16.5. The monoisotopic (exact) mass is 343 g/mol. The fourth-order valence-electron chi connectivity index (χ4n) is 5.11. The summed E-state index contributed by atoms with van der Waals surface area (Å²) in [6.07, 6.45) is 4.49. The molecule has 25 heavy (non-hydrogen) atoms. The Kier molecular flexibility index (Phi) is 3.80. The first-order valence-corrected chi connectivity index (χ1v) is 8.78. The van der Waals surface area contributed by atoms with E-state index in [-0.39, 0.29) is 17.1 Å². The molecular weight excluding hydrogens is 318 g/mol. The van der Waals surface area contributed by atoms with E-state index in [9.17, 15) is 4.79 Å². The minimum absolute atomic E-state index is 0.102. The van der Waals surface area contributed by atoms with Crippen LogP contribution in [0, 0.1) is 5.92 Å². The van der Waals surface area contributed by atoms with Gasteiger partial charge in [0, 0.05) is 23.8 Å². The first-order valence-electron chi connectivity index (χ1n) is 8.78.